The third kappa shape index (κ3) is 3.15. The van der Waals surface area contributed by atoms with Gasteiger partial charge in [-0.3, -0.25) is 9.20 Å². The second-order valence-electron chi connectivity index (χ2n) is 4.80. The first-order valence-corrected chi connectivity index (χ1v) is 7.84. The van der Waals surface area contributed by atoms with Gasteiger partial charge < -0.3 is 5.32 Å². The lowest BCUT2D eigenvalue weighted by atomic mass is 10.1. The second-order valence-corrected chi connectivity index (χ2v) is 6.10. The minimum absolute atomic E-state index is 0.0443. The highest BCUT2D eigenvalue weighted by atomic mass is 35.5. The van der Waals surface area contributed by atoms with Gasteiger partial charge in [-0.15, -0.1) is 11.3 Å². The quantitative estimate of drug-likeness (QED) is 0.803. The van der Waals surface area contributed by atoms with Crippen molar-refractivity contribution in [1.82, 2.24) is 14.7 Å². The first-order chi connectivity index (χ1) is 10.1. The van der Waals surface area contributed by atoms with Crippen molar-refractivity contribution in [3.8, 4) is 0 Å². The Hall–Kier alpha value is -1.69. The number of benzene rings is 1. The normalized spacial score (nSPS) is 12.7. The summed E-state index contributed by atoms with van der Waals surface area (Å²) in [5.41, 5.74) is 1.86. The molecule has 0 spiro atoms. The Kier molecular flexibility index (Phi) is 4.05. The molecule has 0 aliphatic rings. The Morgan fingerprint density at radius 1 is 1.38 bits per heavy atom. The van der Waals surface area contributed by atoms with Crippen LogP contribution >= 0.6 is 22.9 Å². The molecule has 0 unspecified atom stereocenters. The van der Waals surface area contributed by atoms with Crippen LogP contribution in [0.3, 0.4) is 0 Å². The maximum absolute atomic E-state index is 11.9. The second kappa shape index (κ2) is 5.97. The zero-order valence-corrected chi connectivity index (χ0v) is 13.0. The molecule has 0 saturated heterocycles. The third-order valence-corrected chi connectivity index (χ3v) is 4.32. The van der Waals surface area contributed by atoms with Gasteiger partial charge in [-0.05, 0) is 24.6 Å². The summed E-state index contributed by atoms with van der Waals surface area (Å²) in [6, 6.07) is 9.46. The van der Waals surface area contributed by atoms with E-state index < -0.39 is 0 Å². The summed E-state index contributed by atoms with van der Waals surface area (Å²) in [4.78, 5) is 17.1. The number of nitrogens with one attached hydrogen (secondary N) is 1. The maximum Gasteiger partial charge on any atom is 0.258 e. The molecule has 108 valence electrons. The summed E-state index contributed by atoms with van der Waals surface area (Å²) in [6.07, 6.45) is 1.74. The lowest BCUT2D eigenvalue weighted by molar-refractivity contribution is 0.567. The molecule has 0 saturated carbocycles. The van der Waals surface area contributed by atoms with Gasteiger partial charge in [-0.2, -0.15) is 0 Å². The van der Waals surface area contributed by atoms with E-state index in [1.807, 2.05) is 29.6 Å². The predicted octanol–water partition coefficient (Wildman–Crippen LogP) is 3.26. The molecule has 0 aliphatic carbocycles. The topological polar surface area (TPSA) is 46.4 Å². The van der Waals surface area contributed by atoms with E-state index in [1.165, 1.54) is 11.3 Å². The van der Waals surface area contributed by atoms with Gasteiger partial charge in [0.2, 0.25) is 0 Å². The molecule has 6 heteroatoms. The van der Waals surface area contributed by atoms with Gasteiger partial charge in [0.15, 0.2) is 4.96 Å². The molecule has 2 aromatic heterocycles. The number of thiazole rings is 1. The standard InChI is InChI=1S/C15H14ClN3OS/c1-10(11-2-4-12(16)5-3-11)17-9-13-8-14(20)19-6-7-21-15(19)18-13/h2-8,10,17H,9H2,1H3/t10-/m0/s1. The van der Waals surface area contributed by atoms with Crippen LogP contribution in [-0.2, 0) is 6.54 Å². The minimum atomic E-state index is -0.0443. The van der Waals surface area contributed by atoms with Gasteiger partial charge in [0.25, 0.3) is 5.56 Å². The van der Waals surface area contributed by atoms with Gasteiger partial charge in [0.05, 0.1) is 5.69 Å². The summed E-state index contributed by atoms with van der Waals surface area (Å²) < 4.78 is 1.55. The smallest absolute Gasteiger partial charge is 0.258 e. The number of nitrogens with zero attached hydrogens (tertiary/aromatic N) is 2. The Bertz CT molecular complexity index is 810. The average Bonchev–Trinajstić information content (AvgIpc) is 2.94. The highest BCUT2D eigenvalue weighted by Crippen LogP contribution is 2.16. The molecule has 0 radical (unpaired) electrons. The number of hydrogen-bond donors (Lipinski definition) is 1. The van der Waals surface area contributed by atoms with Crippen LogP contribution in [0.1, 0.15) is 24.2 Å². The molecule has 1 N–H and O–H groups in total. The van der Waals surface area contributed by atoms with E-state index in [0.717, 1.165) is 21.2 Å². The van der Waals surface area contributed by atoms with Crippen LogP contribution in [0.5, 0.6) is 0 Å². The SMILES string of the molecule is C[C@H](NCc1cc(=O)n2ccsc2n1)c1ccc(Cl)cc1. The maximum atomic E-state index is 11.9. The molecular formula is C15H14ClN3OS. The van der Waals surface area contributed by atoms with Crippen molar-refractivity contribution < 1.29 is 0 Å². The highest BCUT2D eigenvalue weighted by molar-refractivity contribution is 7.15. The summed E-state index contributed by atoms with van der Waals surface area (Å²) in [7, 11) is 0. The fourth-order valence-electron chi connectivity index (χ4n) is 2.11. The van der Waals surface area contributed by atoms with Crippen LogP contribution in [0.15, 0.2) is 46.7 Å². The van der Waals surface area contributed by atoms with Gasteiger partial charge in [-0.25, -0.2) is 4.98 Å². The molecule has 1 aromatic carbocycles. The molecule has 0 bridgehead atoms. The zero-order valence-electron chi connectivity index (χ0n) is 11.4. The van der Waals surface area contributed by atoms with Gasteiger partial charge in [0, 0.05) is 35.3 Å². The van der Waals surface area contributed by atoms with Crippen LogP contribution in [0.4, 0.5) is 0 Å². The van der Waals surface area contributed by atoms with Crippen molar-refractivity contribution in [3.05, 3.63) is 68.5 Å². The monoisotopic (exact) mass is 319 g/mol. The number of halogens is 1. The van der Waals surface area contributed by atoms with E-state index in [9.17, 15) is 4.79 Å². The molecule has 3 rings (SSSR count). The first-order valence-electron chi connectivity index (χ1n) is 6.58. The first kappa shape index (κ1) is 14.3. The van der Waals surface area contributed by atoms with E-state index in [1.54, 1.807) is 16.7 Å². The lowest BCUT2D eigenvalue weighted by Crippen LogP contribution is -2.21. The van der Waals surface area contributed by atoms with E-state index in [-0.39, 0.29) is 11.6 Å². The summed E-state index contributed by atoms with van der Waals surface area (Å²) >= 11 is 7.34. The molecule has 21 heavy (non-hydrogen) atoms. The van der Waals surface area contributed by atoms with Gasteiger partial charge in [0.1, 0.15) is 0 Å². The highest BCUT2D eigenvalue weighted by Gasteiger charge is 2.07. The molecule has 2 heterocycles. The molecule has 4 nitrogen and oxygen atoms in total. The van der Waals surface area contributed by atoms with Crippen molar-refractivity contribution in [1.29, 1.82) is 0 Å². The van der Waals surface area contributed by atoms with Crippen LogP contribution in [0.25, 0.3) is 4.96 Å². The molecular weight excluding hydrogens is 306 g/mol. The summed E-state index contributed by atoms with van der Waals surface area (Å²) in [5.74, 6) is 0. The zero-order chi connectivity index (χ0) is 14.8. The number of aromatic nitrogens is 2. The Labute approximate surface area is 131 Å². The third-order valence-electron chi connectivity index (χ3n) is 3.32. The minimum Gasteiger partial charge on any atom is -0.305 e. The van der Waals surface area contributed by atoms with Crippen LogP contribution in [0, 0.1) is 0 Å². The summed E-state index contributed by atoms with van der Waals surface area (Å²) in [6.45, 7) is 2.62. The van der Waals surface area contributed by atoms with E-state index in [2.05, 4.69) is 17.2 Å². The van der Waals surface area contributed by atoms with Crippen molar-refractivity contribution >= 4 is 27.9 Å². The fourth-order valence-corrected chi connectivity index (χ4v) is 2.97. The Balaban J connectivity index is 1.73. The number of hydrogen-bond acceptors (Lipinski definition) is 4. The largest absolute Gasteiger partial charge is 0.305 e. The van der Waals surface area contributed by atoms with E-state index in [0.29, 0.717) is 6.54 Å². The van der Waals surface area contributed by atoms with Crippen LogP contribution in [-0.4, -0.2) is 9.38 Å². The number of rotatable bonds is 4. The predicted molar refractivity (Wildman–Crippen MR) is 86.0 cm³/mol. The van der Waals surface area contributed by atoms with Crippen molar-refractivity contribution in [2.45, 2.75) is 19.5 Å². The van der Waals surface area contributed by atoms with E-state index in [4.69, 9.17) is 11.6 Å². The Morgan fingerprint density at radius 3 is 2.90 bits per heavy atom. The van der Waals surface area contributed by atoms with E-state index >= 15 is 0 Å². The Morgan fingerprint density at radius 2 is 2.14 bits per heavy atom. The van der Waals surface area contributed by atoms with Crippen LogP contribution in [0.2, 0.25) is 5.02 Å². The average molecular weight is 320 g/mol. The molecule has 0 amide bonds. The van der Waals surface area contributed by atoms with Gasteiger partial charge in [-0.1, -0.05) is 23.7 Å². The molecule has 0 aliphatic heterocycles. The summed E-state index contributed by atoms with van der Waals surface area (Å²) in [5, 5.41) is 5.95. The molecule has 0 fully saturated rings. The van der Waals surface area contributed by atoms with Crippen LogP contribution < -0.4 is 10.9 Å². The van der Waals surface area contributed by atoms with Crippen molar-refractivity contribution in [2.75, 3.05) is 0 Å². The fraction of sp³-hybridized carbons (Fsp3) is 0.200. The molecule has 3 aromatic rings. The number of fused-ring (bicyclic) bond motifs is 1. The van der Waals surface area contributed by atoms with Crippen molar-refractivity contribution in [2.24, 2.45) is 0 Å². The van der Waals surface area contributed by atoms with Crippen molar-refractivity contribution in [3.63, 3.8) is 0 Å². The van der Waals surface area contributed by atoms with Gasteiger partial charge >= 0.3 is 0 Å². The molecule has 1 atom stereocenters. The lowest BCUT2D eigenvalue weighted by Gasteiger charge is -2.14.